The summed E-state index contributed by atoms with van der Waals surface area (Å²) in [6, 6.07) is -1.35. The second-order valence-corrected chi connectivity index (χ2v) is 3.82. The molecule has 7 heteroatoms. The largest absolute Gasteiger partial charge is 0.480 e. The molecule has 0 saturated heterocycles. The van der Waals surface area contributed by atoms with Gasteiger partial charge in [-0.3, -0.25) is 0 Å². The van der Waals surface area contributed by atoms with Crippen LogP contribution in [0, 0.1) is 0 Å². The van der Waals surface area contributed by atoms with Crippen LogP contribution in [0.3, 0.4) is 0 Å². The molecule has 0 aliphatic heterocycles. The summed E-state index contributed by atoms with van der Waals surface area (Å²) in [4.78, 5) is 25.9. The lowest BCUT2D eigenvalue weighted by molar-refractivity contribution is -0.139. The van der Waals surface area contributed by atoms with E-state index in [0.29, 0.717) is 13.0 Å². The smallest absolute Gasteiger partial charge is 0.326 e. The zero-order chi connectivity index (χ0) is 12.0. The molecule has 0 fully saturated rings. The van der Waals surface area contributed by atoms with Crippen LogP contribution in [0.4, 0.5) is 4.79 Å². The molecule has 88 valence electrons. The fraction of sp³-hybridized carbons (Fsp3) is 0.444. The first-order valence-electron chi connectivity index (χ1n) is 4.77. The van der Waals surface area contributed by atoms with E-state index in [4.69, 9.17) is 5.11 Å². The minimum Gasteiger partial charge on any atom is -0.480 e. The first kappa shape index (κ1) is 12.4. The molecule has 3 N–H and O–H groups in total. The number of carboxylic acids is 1. The van der Waals surface area contributed by atoms with E-state index in [1.807, 2.05) is 5.38 Å². The number of carbonyl (C=O) groups excluding carboxylic acids is 1. The molecule has 16 heavy (non-hydrogen) atoms. The maximum absolute atomic E-state index is 11.3. The standard InChI is InChI=1S/C9H13N3O3S/c1-2-7(8(13)14)12-9(15)10-3-6-4-16-5-11-6/h4-5,7H,2-3H2,1H3,(H,13,14)(H2,10,12,15)/t7-/m0/s1. The zero-order valence-corrected chi connectivity index (χ0v) is 9.58. The molecule has 2 amide bonds. The van der Waals surface area contributed by atoms with Crippen LogP contribution < -0.4 is 10.6 Å². The number of nitrogens with one attached hydrogen (secondary N) is 2. The number of hydrogen-bond acceptors (Lipinski definition) is 4. The Hall–Kier alpha value is -1.63. The Morgan fingerprint density at radius 1 is 1.62 bits per heavy atom. The molecule has 0 saturated carbocycles. The summed E-state index contributed by atoms with van der Waals surface area (Å²) in [6.07, 6.45) is 0.347. The maximum atomic E-state index is 11.3. The summed E-state index contributed by atoms with van der Waals surface area (Å²) in [7, 11) is 0. The van der Waals surface area contributed by atoms with E-state index >= 15 is 0 Å². The quantitative estimate of drug-likeness (QED) is 0.713. The highest BCUT2D eigenvalue weighted by Gasteiger charge is 2.16. The van der Waals surface area contributed by atoms with Gasteiger partial charge in [0.1, 0.15) is 6.04 Å². The Labute approximate surface area is 96.7 Å². The number of urea groups is 1. The minimum atomic E-state index is -1.04. The highest BCUT2D eigenvalue weighted by Crippen LogP contribution is 1.99. The number of hydrogen-bond donors (Lipinski definition) is 3. The van der Waals surface area contributed by atoms with Crippen molar-refractivity contribution in [3.05, 3.63) is 16.6 Å². The van der Waals surface area contributed by atoms with Gasteiger partial charge < -0.3 is 15.7 Å². The van der Waals surface area contributed by atoms with Gasteiger partial charge >= 0.3 is 12.0 Å². The molecule has 1 heterocycles. The Kier molecular flexibility index (Phi) is 4.71. The van der Waals surface area contributed by atoms with Crippen LogP contribution in [-0.2, 0) is 11.3 Å². The Balaban J connectivity index is 2.33. The van der Waals surface area contributed by atoms with Crippen molar-refractivity contribution in [2.24, 2.45) is 0 Å². The molecule has 0 bridgehead atoms. The van der Waals surface area contributed by atoms with Crippen LogP contribution in [0.5, 0.6) is 0 Å². The molecule has 0 radical (unpaired) electrons. The molecular weight excluding hydrogens is 230 g/mol. The molecule has 0 spiro atoms. The highest BCUT2D eigenvalue weighted by atomic mass is 32.1. The van der Waals surface area contributed by atoms with Crippen molar-refractivity contribution < 1.29 is 14.7 Å². The number of amides is 2. The molecule has 1 aromatic rings. The van der Waals surface area contributed by atoms with Crippen molar-refractivity contribution in [2.75, 3.05) is 0 Å². The second kappa shape index (κ2) is 6.06. The van der Waals surface area contributed by atoms with Gasteiger partial charge in [0.05, 0.1) is 17.7 Å². The van der Waals surface area contributed by atoms with Gasteiger partial charge in [-0.05, 0) is 6.42 Å². The van der Waals surface area contributed by atoms with E-state index < -0.39 is 18.0 Å². The predicted molar refractivity (Wildman–Crippen MR) is 59.2 cm³/mol. The number of carboxylic acid groups (broad SMARTS) is 1. The zero-order valence-electron chi connectivity index (χ0n) is 8.77. The fourth-order valence-corrected chi connectivity index (χ4v) is 1.60. The van der Waals surface area contributed by atoms with E-state index in [1.165, 1.54) is 11.3 Å². The third-order valence-corrected chi connectivity index (χ3v) is 2.56. The number of carbonyl (C=O) groups is 2. The Morgan fingerprint density at radius 2 is 2.38 bits per heavy atom. The number of nitrogens with zero attached hydrogens (tertiary/aromatic N) is 1. The lowest BCUT2D eigenvalue weighted by atomic mass is 10.2. The molecule has 0 aliphatic rings. The van der Waals surface area contributed by atoms with Gasteiger partial charge in [-0.15, -0.1) is 11.3 Å². The summed E-state index contributed by atoms with van der Waals surface area (Å²) in [5.41, 5.74) is 2.42. The van der Waals surface area contributed by atoms with Crippen molar-refractivity contribution in [3.63, 3.8) is 0 Å². The van der Waals surface area contributed by atoms with Gasteiger partial charge in [-0.2, -0.15) is 0 Å². The van der Waals surface area contributed by atoms with Gasteiger partial charge in [0.25, 0.3) is 0 Å². The Morgan fingerprint density at radius 3 is 2.88 bits per heavy atom. The summed E-state index contributed by atoms with van der Waals surface area (Å²) < 4.78 is 0. The molecule has 0 aromatic carbocycles. The van der Waals surface area contributed by atoms with Crippen LogP contribution in [0.15, 0.2) is 10.9 Å². The number of aromatic nitrogens is 1. The van der Waals surface area contributed by atoms with Crippen molar-refractivity contribution >= 4 is 23.3 Å². The van der Waals surface area contributed by atoms with Crippen LogP contribution in [0.2, 0.25) is 0 Å². The number of thiazole rings is 1. The molecule has 1 rings (SSSR count). The summed E-state index contributed by atoms with van der Waals surface area (Å²) >= 11 is 1.44. The highest BCUT2D eigenvalue weighted by molar-refractivity contribution is 7.07. The van der Waals surface area contributed by atoms with E-state index in [2.05, 4.69) is 15.6 Å². The third kappa shape index (κ3) is 3.85. The number of aliphatic carboxylic acids is 1. The number of rotatable bonds is 5. The minimum absolute atomic E-state index is 0.297. The lowest BCUT2D eigenvalue weighted by Gasteiger charge is -2.12. The predicted octanol–water partition coefficient (Wildman–Crippen LogP) is 0.805. The topological polar surface area (TPSA) is 91.3 Å². The van der Waals surface area contributed by atoms with Crippen molar-refractivity contribution in [2.45, 2.75) is 25.9 Å². The monoisotopic (exact) mass is 243 g/mol. The van der Waals surface area contributed by atoms with Gasteiger partial charge in [-0.1, -0.05) is 6.92 Å². The van der Waals surface area contributed by atoms with Crippen LogP contribution >= 0.6 is 11.3 Å². The summed E-state index contributed by atoms with van der Waals surface area (Å²) in [5, 5.41) is 15.4. The maximum Gasteiger partial charge on any atom is 0.326 e. The van der Waals surface area contributed by atoms with Gasteiger partial charge in [0.2, 0.25) is 0 Å². The van der Waals surface area contributed by atoms with E-state index in [9.17, 15) is 9.59 Å². The molecule has 1 aromatic heterocycles. The average molecular weight is 243 g/mol. The molecule has 0 aliphatic carbocycles. The van der Waals surface area contributed by atoms with Crippen LogP contribution in [0.1, 0.15) is 19.0 Å². The average Bonchev–Trinajstić information content (AvgIpc) is 2.75. The molecule has 1 atom stereocenters. The van der Waals surface area contributed by atoms with Crippen LogP contribution in [-0.4, -0.2) is 28.1 Å². The van der Waals surface area contributed by atoms with E-state index in [0.717, 1.165) is 5.69 Å². The second-order valence-electron chi connectivity index (χ2n) is 3.11. The molecule has 6 nitrogen and oxygen atoms in total. The normalized spacial score (nSPS) is 11.8. The Bertz CT molecular complexity index is 353. The summed E-state index contributed by atoms with van der Waals surface area (Å²) in [6.45, 7) is 1.99. The van der Waals surface area contributed by atoms with Crippen molar-refractivity contribution in [3.8, 4) is 0 Å². The van der Waals surface area contributed by atoms with E-state index in [1.54, 1.807) is 12.4 Å². The van der Waals surface area contributed by atoms with E-state index in [-0.39, 0.29) is 0 Å². The van der Waals surface area contributed by atoms with Gasteiger partial charge in [0, 0.05) is 5.38 Å². The summed E-state index contributed by atoms with van der Waals surface area (Å²) in [5.74, 6) is -1.04. The molecule has 0 unspecified atom stereocenters. The van der Waals surface area contributed by atoms with Crippen molar-refractivity contribution in [1.82, 2.24) is 15.6 Å². The van der Waals surface area contributed by atoms with Crippen molar-refractivity contribution in [1.29, 1.82) is 0 Å². The lowest BCUT2D eigenvalue weighted by Crippen LogP contribution is -2.45. The van der Waals surface area contributed by atoms with Gasteiger partial charge in [-0.25, -0.2) is 14.6 Å². The van der Waals surface area contributed by atoms with Crippen LogP contribution in [0.25, 0.3) is 0 Å². The SMILES string of the molecule is CC[C@H](NC(=O)NCc1cscn1)C(=O)O. The third-order valence-electron chi connectivity index (χ3n) is 1.93. The molecular formula is C9H13N3O3S. The fourth-order valence-electron chi connectivity index (χ4n) is 1.04. The first-order chi connectivity index (χ1) is 7.63. The van der Waals surface area contributed by atoms with Gasteiger partial charge in [0.15, 0.2) is 0 Å². The first-order valence-corrected chi connectivity index (χ1v) is 5.72.